The van der Waals surface area contributed by atoms with Crippen LogP contribution in [0.4, 0.5) is 0 Å². The van der Waals surface area contributed by atoms with Crippen molar-refractivity contribution in [2.75, 3.05) is 13.2 Å². The van der Waals surface area contributed by atoms with Gasteiger partial charge in [0.25, 0.3) is 0 Å². The summed E-state index contributed by atoms with van der Waals surface area (Å²) in [5.74, 6) is -0.634. The molecule has 0 aliphatic carbocycles. The summed E-state index contributed by atoms with van der Waals surface area (Å²) in [6.45, 7) is 4.30. The van der Waals surface area contributed by atoms with Gasteiger partial charge in [0.2, 0.25) is 0 Å². The molecule has 2 aromatic rings. The molecule has 0 spiro atoms. The molecule has 0 aliphatic rings. The molecular weight excluding hydrogens is 388 g/mol. The van der Waals surface area contributed by atoms with Crippen molar-refractivity contribution in [2.45, 2.75) is 13.8 Å². The first-order chi connectivity index (χ1) is 12.0. The van der Waals surface area contributed by atoms with Crippen LogP contribution >= 0.6 is 15.9 Å². The molecular formula is C19H19BrO5. The zero-order valence-corrected chi connectivity index (χ0v) is 15.6. The third-order valence-corrected chi connectivity index (χ3v) is 3.44. The van der Waals surface area contributed by atoms with E-state index in [1.54, 1.807) is 50.2 Å². The molecule has 0 aliphatic heterocycles. The summed E-state index contributed by atoms with van der Waals surface area (Å²) in [4.78, 5) is 32.5. The number of esters is 2. The van der Waals surface area contributed by atoms with Crippen molar-refractivity contribution in [2.24, 2.45) is 0 Å². The quantitative estimate of drug-likeness (QED) is 0.546. The summed E-state index contributed by atoms with van der Waals surface area (Å²) in [6.07, 6.45) is 0.731. The van der Waals surface area contributed by atoms with Crippen LogP contribution in [0.15, 0.2) is 53.0 Å². The lowest BCUT2D eigenvalue weighted by molar-refractivity contribution is 0.0516. The molecule has 6 heteroatoms. The van der Waals surface area contributed by atoms with E-state index in [-0.39, 0.29) is 11.9 Å². The molecule has 0 atom stereocenters. The third kappa shape index (κ3) is 7.30. The summed E-state index contributed by atoms with van der Waals surface area (Å²) < 4.78 is 10.5. The van der Waals surface area contributed by atoms with E-state index in [1.165, 1.54) is 0 Å². The molecule has 25 heavy (non-hydrogen) atoms. The molecule has 0 saturated heterocycles. The van der Waals surface area contributed by atoms with Crippen LogP contribution in [-0.4, -0.2) is 31.4 Å². The minimum atomic E-state index is -0.361. The number of carbonyl (C=O) groups excluding carboxylic acids is 3. The number of benzene rings is 2. The molecule has 0 heterocycles. The number of aldehydes is 1. The summed E-state index contributed by atoms with van der Waals surface area (Å²) >= 11 is 3.28. The number of halogens is 1. The maximum atomic E-state index is 11.1. The molecule has 0 bridgehead atoms. The van der Waals surface area contributed by atoms with E-state index in [1.807, 2.05) is 12.1 Å². The number of carbonyl (C=O) groups is 3. The zero-order valence-electron chi connectivity index (χ0n) is 14.0. The Bertz CT molecular complexity index is 693. The number of ether oxygens (including phenoxy) is 2. The molecule has 132 valence electrons. The summed E-state index contributed by atoms with van der Waals surface area (Å²) in [6, 6.07) is 13.4. The minimum Gasteiger partial charge on any atom is -0.462 e. The maximum absolute atomic E-state index is 11.1. The average Bonchev–Trinajstić information content (AvgIpc) is 2.63. The second-order valence-electron chi connectivity index (χ2n) is 4.69. The Balaban J connectivity index is 0.000000251. The SMILES string of the molecule is CCOC(=O)c1ccc(Br)cc1.CCOC(=O)c1ccc(C=O)cc1. The Morgan fingerprint density at radius 2 is 1.24 bits per heavy atom. The smallest absolute Gasteiger partial charge is 0.338 e. The van der Waals surface area contributed by atoms with Crippen LogP contribution in [0.3, 0.4) is 0 Å². The van der Waals surface area contributed by atoms with Crippen molar-refractivity contribution >= 4 is 34.2 Å². The fraction of sp³-hybridized carbons (Fsp3) is 0.211. The second-order valence-corrected chi connectivity index (χ2v) is 5.60. The molecule has 2 rings (SSSR count). The van der Waals surface area contributed by atoms with E-state index in [9.17, 15) is 14.4 Å². The molecule has 0 fully saturated rings. The molecule has 0 unspecified atom stereocenters. The summed E-state index contributed by atoms with van der Waals surface area (Å²) in [5, 5.41) is 0. The van der Waals surface area contributed by atoms with Gasteiger partial charge in [-0.3, -0.25) is 4.79 Å². The van der Waals surface area contributed by atoms with Crippen molar-refractivity contribution in [3.8, 4) is 0 Å². The van der Waals surface area contributed by atoms with Crippen LogP contribution in [-0.2, 0) is 9.47 Å². The van der Waals surface area contributed by atoms with E-state index in [2.05, 4.69) is 15.9 Å². The Morgan fingerprint density at radius 1 is 0.840 bits per heavy atom. The van der Waals surface area contributed by atoms with Crippen LogP contribution in [0.25, 0.3) is 0 Å². The van der Waals surface area contributed by atoms with E-state index in [4.69, 9.17) is 9.47 Å². The molecule has 0 saturated carbocycles. The lowest BCUT2D eigenvalue weighted by Gasteiger charge is -2.00. The third-order valence-electron chi connectivity index (χ3n) is 2.91. The summed E-state index contributed by atoms with van der Waals surface area (Å²) in [5.41, 5.74) is 1.60. The van der Waals surface area contributed by atoms with Gasteiger partial charge in [-0.2, -0.15) is 0 Å². The lowest BCUT2D eigenvalue weighted by Crippen LogP contribution is -2.04. The van der Waals surface area contributed by atoms with E-state index >= 15 is 0 Å². The maximum Gasteiger partial charge on any atom is 0.338 e. The topological polar surface area (TPSA) is 69.7 Å². The first-order valence-electron chi connectivity index (χ1n) is 7.66. The fourth-order valence-corrected chi connectivity index (χ4v) is 1.98. The van der Waals surface area contributed by atoms with Crippen LogP contribution in [0.5, 0.6) is 0 Å². The first-order valence-corrected chi connectivity index (χ1v) is 8.46. The minimum absolute atomic E-state index is 0.273. The lowest BCUT2D eigenvalue weighted by atomic mass is 10.1. The Kier molecular flexibility index (Phi) is 9.17. The van der Waals surface area contributed by atoms with E-state index < -0.39 is 0 Å². The Labute approximate surface area is 155 Å². The van der Waals surface area contributed by atoms with Crippen molar-refractivity contribution in [3.63, 3.8) is 0 Å². The predicted molar refractivity (Wildman–Crippen MR) is 97.9 cm³/mol. The van der Waals surface area contributed by atoms with Crippen molar-refractivity contribution in [1.29, 1.82) is 0 Å². The molecule has 0 aromatic heterocycles. The van der Waals surface area contributed by atoms with Gasteiger partial charge in [-0.15, -0.1) is 0 Å². The summed E-state index contributed by atoms with van der Waals surface area (Å²) in [7, 11) is 0. The highest BCUT2D eigenvalue weighted by atomic mass is 79.9. The first kappa shape index (κ1) is 20.6. The van der Waals surface area contributed by atoms with Crippen molar-refractivity contribution in [1.82, 2.24) is 0 Å². The Hall–Kier alpha value is -2.47. The van der Waals surface area contributed by atoms with Crippen molar-refractivity contribution < 1.29 is 23.9 Å². The van der Waals surface area contributed by atoms with Gasteiger partial charge >= 0.3 is 11.9 Å². The highest BCUT2D eigenvalue weighted by molar-refractivity contribution is 9.10. The molecule has 0 radical (unpaired) electrons. The van der Waals surface area contributed by atoms with Gasteiger partial charge in [0.15, 0.2) is 0 Å². The van der Waals surface area contributed by atoms with Crippen molar-refractivity contribution in [3.05, 3.63) is 69.7 Å². The largest absolute Gasteiger partial charge is 0.462 e. The van der Waals surface area contributed by atoms with Crippen LogP contribution in [0.2, 0.25) is 0 Å². The number of rotatable bonds is 5. The van der Waals surface area contributed by atoms with Crippen LogP contribution in [0.1, 0.15) is 44.9 Å². The highest BCUT2D eigenvalue weighted by Gasteiger charge is 2.05. The monoisotopic (exact) mass is 406 g/mol. The zero-order chi connectivity index (χ0) is 18.7. The normalized spacial score (nSPS) is 9.40. The predicted octanol–water partition coefficient (Wildman–Crippen LogP) is 4.30. The second kappa shape index (κ2) is 11.1. The number of hydrogen-bond acceptors (Lipinski definition) is 5. The number of hydrogen-bond donors (Lipinski definition) is 0. The molecule has 0 amide bonds. The highest BCUT2D eigenvalue weighted by Crippen LogP contribution is 2.11. The molecule has 5 nitrogen and oxygen atoms in total. The standard InChI is InChI=1S/C10H10O3.C9H9BrO2/c1-2-13-10(12)9-5-3-8(7-11)4-6-9;1-2-12-9(11)7-3-5-8(10)6-4-7/h3-7H,2H2,1H3;3-6H,2H2,1H3. The van der Waals surface area contributed by atoms with Gasteiger partial charge < -0.3 is 9.47 Å². The van der Waals surface area contributed by atoms with Gasteiger partial charge in [0.05, 0.1) is 24.3 Å². The van der Waals surface area contributed by atoms with Gasteiger partial charge in [0, 0.05) is 10.0 Å². The van der Waals surface area contributed by atoms with Gasteiger partial charge in [0.1, 0.15) is 6.29 Å². The average molecular weight is 407 g/mol. The van der Waals surface area contributed by atoms with Crippen LogP contribution in [0, 0.1) is 0 Å². The molecule has 0 N–H and O–H groups in total. The van der Waals surface area contributed by atoms with Gasteiger partial charge in [-0.05, 0) is 50.2 Å². The molecule has 2 aromatic carbocycles. The van der Waals surface area contributed by atoms with Gasteiger partial charge in [-0.25, -0.2) is 9.59 Å². The van der Waals surface area contributed by atoms with E-state index in [0.29, 0.717) is 29.9 Å². The van der Waals surface area contributed by atoms with Gasteiger partial charge in [-0.1, -0.05) is 28.1 Å². The van der Waals surface area contributed by atoms with Crippen LogP contribution < -0.4 is 0 Å². The Morgan fingerprint density at radius 3 is 1.60 bits per heavy atom. The fourth-order valence-electron chi connectivity index (χ4n) is 1.71. The van der Waals surface area contributed by atoms with E-state index in [0.717, 1.165) is 10.8 Å².